The molecule has 5 rings (SSSR count). The van der Waals surface area contributed by atoms with Crippen molar-refractivity contribution in [3.05, 3.63) is 106 Å². The molecule has 1 aliphatic rings. The maximum Gasteiger partial charge on any atom is 0.270 e. The summed E-state index contributed by atoms with van der Waals surface area (Å²) in [6, 6.07) is 19.1. The molecule has 0 amide bonds. The molecular weight excluding hydrogens is 476 g/mol. The molecule has 2 N–H and O–H groups in total. The number of pyridine rings is 1. The number of hydrogen-bond acceptors (Lipinski definition) is 6. The smallest absolute Gasteiger partial charge is 0.270 e. The maximum atomic E-state index is 11.2. The van der Waals surface area contributed by atoms with E-state index in [-0.39, 0.29) is 11.4 Å². The lowest BCUT2D eigenvalue weighted by molar-refractivity contribution is -0.384. The summed E-state index contributed by atoms with van der Waals surface area (Å²) in [5.41, 5.74) is 1.69. The number of halogens is 1. The van der Waals surface area contributed by atoms with Gasteiger partial charge in [-0.05, 0) is 54.7 Å². The first-order valence-electron chi connectivity index (χ1n) is 10.3. The highest BCUT2D eigenvalue weighted by molar-refractivity contribution is 7.80. The van der Waals surface area contributed by atoms with Crippen LogP contribution in [0.4, 0.5) is 11.4 Å². The van der Waals surface area contributed by atoms with Crippen LogP contribution < -0.4 is 10.2 Å². The van der Waals surface area contributed by atoms with E-state index in [9.17, 15) is 15.2 Å². The normalized spacial score (nSPS) is 17.6. The Balaban J connectivity index is 1.62. The number of nitrogens with one attached hydrogen (secondary N) is 1. The zero-order valence-electron chi connectivity index (χ0n) is 17.5. The summed E-state index contributed by atoms with van der Waals surface area (Å²) in [4.78, 5) is 17.0. The number of aromatic hydroxyl groups is 1. The first-order chi connectivity index (χ1) is 16.4. The topological polar surface area (TPSA) is 105 Å². The average molecular weight is 493 g/mol. The second-order valence-corrected chi connectivity index (χ2v) is 8.46. The van der Waals surface area contributed by atoms with Crippen molar-refractivity contribution in [3.63, 3.8) is 0 Å². The van der Waals surface area contributed by atoms with Gasteiger partial charge in [-0.3, -0.25) is 15.1 Å². The van der Waals surface area contributed by atoms with Crippen molar-refractivity contribution in [3.8, 4) is 17.1 Å². The van der Waals surface area contributed by atoms with E-state index in [4.69, 9.17) is 28.2 Å². The van der Waals surface area contributed by atoms with Gasteiger partial charge in [-0.25, -0.2) is 0 Å². The Hall–Kier alpha value is -3.95. The van der Waals surface area contributed by atoms with Crippen LogP contribution in [0.15, 0.2) is 83.4 Å². The monoisotopic (exact) mass is 492 g/mol. The Morgan fingerprint density at radius 1 is 1.12 bits per heavy atom. The lowest BCUT2D eigenvalue weighted by Crippen LogP contribution is -2.29. The Kier molecular flexibility index (Phi) is 5.64. The SMILES string of the molecule is O=[N+]([O-])c1cccc(-c2ccc(C3C(c4ccccn4)NC(=S)N3c3cc(Cl)ccc3O)o2)c1. The number of thiocarbonyl (C=S) groups is 1. The van der Waals surface area contributed by atoms with Crippen LogP contribution in [0.1, 0.15) is 23.5 Å². The summed E-state index contributed by atoms with van der Waals surface area (Å²) in [5.74, 6) is 1.00. The van der Waals surface area contributed by atoms with Gasteiger partial charge in [-0.1, -0.05) is 29.8 Å². The summed E-state index contributed by atoms with van der Waals surface area (Å²) in [7, 11) is 0. The molecule has 1 saturated heterocycles. The zero-order valence-corrected chi connectivity index (χ0v) is 19.0. The molecule has 170 valence electrons. The van der Waals surface area contributed by atoms with Crippen molar-refractivity contribution >= 4 is 40.3 Å². The summed E-state index contributed by atoms with van der Waals surface area (Å²) in [5, 5.41) is 25.9. The molecule has 1 fully saturated rings. The number of phenols is 1. The zero-order chi connectivity index (χ0) is 23.8. The lowest BCUT2D eigenvalue weighted by Gasteiger charge is -2.26. The van der Waals surface area contributed by atoms with Crippen LogP contribution in [-0.4, -0.2) is 20.1 Å². The molecule has 0 bridgehead atoms. The van der Waals surface area contributed by atoms with E-state index < -0.39 is 17.0 Å². The molecule has 0 saturated carbocycles. The van der Waals surface area contributed by atoms with E-state index in [2.05, 4.69) is 10.3 Å². The molecular formula is C24H17ClN4O4S. The van der Waals surface area contributed by atoms with Crippen LogP contribution in [0.25, 0.3) is 11.3 Å². The van der Waals surface area contributed by atoms with Crippen molar-refractivity contribution in [1.82, 2.24) is 10.3 Å². The molecule has 10 heteroatoms. The second kappa shape index (κ2) is 8.77. The summed E-state index contributed by atoms with van der Waals surface area (Å²) >= 11 is 11.9. The van der Waals surface area contributed by atoms with Crippen molar-refractivity contribution < 1.29 is 14.4 Å². The fourth-order valence-corrected chi connectivity index (χ4v) is 4.54. The Morgan fingerprint density at radius 2 is 1.97 bits per heavy atom. The molecule has 8 nitrogen and oxygen atoms in total. The van der Waals surface area contributed by atoms with Crippen molar-refractivity contribution in [2.45, 2.75) is 12.1 Å². The van der Waals surface area contributed by atoms with Crippen LogP contribution in [0.2, 0.25) is 5.02 Å². The molecule has 1 aliphatic heterocycles. The van der Waals surface area contributed by atoms with Crippen LogP contribution >= 0.6 is 23.8 Å². The third-order valence-electron chi connectivity index (χ3n) is 5.55. The standard InChI is InChI=1S/C24H17ClN4O4S/c25-15-7-8-19(30)18(13-15)28-23(22(27-24(28)34)17-6-1-2-11-26-17)21-10-9-20(33-21)14-4-3-5-16(12-14)29(31)32/h1-13,22-23,30H,(H,27,34). The van der Waals surface area contributed by atoms with Gasteiger partial charge in [-0.2, -0.15) is 0 Å². The van der Waals surface area contributed by atoms with E-state index in [0.29, 0.717) is 32.9 Å². The number of hydrogen-bond donors (Lipinski definition) is 2. The number of nitro groups is 1. The highest BCUT2D eigenvalue weighted by Gasteiger charge is 2.43. The summed E-state index contributed by atoms with van der Waals surface area (Å²) in [6.07, 6.45) is 1.69. The number of anilines is 1. The van der Waals surface area contributed by atoms with Gasteiger partial charge in [0.2, 0.25) is 0 Å². The second-order valence-electron chi connectivity index (χ2n) is 7.64. The van der Waals surface area contributed by atoms with Gasteiger partial charge in [0.05, 0.1) is 22.3 Å². The summed E-state index contributed by atoms with van der Waals surface area (Å²) < 4.78 is 6.20. The number of non-ortho nitro benzene ring substituents is 1. The van der Waals surface area contributed by atoms with Gasteiger partial charge in [-0.15, -0.1) is 0 Å². The van der Waals surface area contributed by atoms with Gasteiger partial charge in [0, 0.05) is 28.9 Å². The number of nitro benzene ring substituents is 1. The lowest BCUT2D eigenvalue weighted by atomic mass is 10.0. The number of phenolic OH excluding ortho intramolecular Hbond substituents is 1. The fourth-order valence-electron chi connectivity index (χ4n) is 4.03. The molecule has 0 spiro atoms. The highest BCUT2D eigenvalue weighted by Crippen LogP contribution is 2.45. The van der Waals surface area contributed by atoms with Crippen molar-refractivity contribution in [1.29, 1.82) is 0 Å². The largest absolute Gasteiger partial charge is 0.506 e. The van der Waals surface area contributed by atoms with E-state index in [1.807, 2.05) is 18.2 Å². The molecule has 2 aromatic carbocycles. The molecule has 34 heavy (non-hydrogen) atoms. The maximum absolute atomic E-state index is 11.2. The Morgan fingerprint density at radius 3 is 2.74 bits per heavy atom. The number of aromatic nitrogens is 1. The summed E-state index contributed by atoms with van der Waals surface area (Å²) in [6.45, 7) is 0. The van der Waals surface area contributed by atoms with Gasteiger partial charge in [0.1, 0.15) is 23.3 Å². The first-order valence-corrected chi connectivity index (χ1v) is 11.0. The predicted octanol–water partition coefficient (Wildman–Crippen LogP) is 5.79. The molecule has 2 unspecified atom stereocenters. The molecule has 2 aromatic heterocycles. The highest BCUT2D eigenvalue weighted by atomic mass is 35.5. The molecule has 2 atom stereocenters. The van der Waals surface area contributed by atoms with Crippen molar-refractivity contribution in [2.75, 3.05) is 4.90 Å². The molecule has 0 radical (unpaired) electrons. The first kappa shape index (κ1) is 21.9. The van der Waals surface area contributed by atoms with E-state index in [1.54, 1.807) is 47.5 Å². The van der Waals surface area contributed by atoms with E-state index in [0.717, 1.165) is 5.69 Å². The third-order valence-corrected chi connectivity index (χ3v) is 6.10. The van der Waals surface area contributed by atoms with Crippen LogP contribution in [0.5, 0.6) is 5.75 Å². The average Bonchev–Trinajstić information content (AvgIpc) is 3.46. The van der Waals surface area contributed by atoms with Crippen molar-refractivity contribution in [2.24, 2.45) is 0 Å². The van der Waals surface area contributed by atoms with Gasteiger partial charge in [0.25, 0.3) is 5.69 Å². The predicted molar refractivity (Wildman–Crippen MR) is 132 cm³/mol. The van der Waals surface area contributed by atoms with E-state index in [1.165, 1.54) is 18.2 Å². The fraction of sp³-hybridized carbons (Fsp3) is 0.0833. The van der Waals surface area contributed by atoms with Gasteiger partial charge >= 0.3 is 0 Å². The molecule has 4 aromatic rings. The quantitative estimate of drug-likeness (QED) is 0.205. The minimum absolute atomic E-state index is 0.00526. The molecule has 0 aliphatic carbocycles. The number of rotatable bonds is 5. The minimum Gasteiger partial charge on any atom is -0.506 e. The van der Waals surface area contributed by atoms with Crippen LogP contribution in [-0.2, 0) is 0 Å². The van der Waals surface area contributed by atoms with Crippen LogP contribution in [0, 0.1) is 10.1 Å². The Bertz CT molecular complexity index is 1390. The van der Waals surface area contributed by atoms with Crippen LogP contribution in [0.3, 0.4) is 0 Å². The van der Waals surface area contributed by atoms with Gasteiger partial charge < -0.3 is 19.7 Å². The number of benzene rings is 2. The minimum atomic E-state index is -0.515. The van der Waals surface area contributed by atoms with Gasteiger partial charge in [0.15, 0.2) is 5.11 Å². The molecule has 3 heterocycles. The van der Waals surface area contributed by atoms with E-state index >= 15 is 0 Å². The Labute approximate surface area is 204 Å². The third kappa shape index (κ3) is 3.95. The number of furan rings is 1. The number of nitrogens with zero attached hydrogens (tertiary/aromatic N) is 3.